The topological polar surface area (TPSA) is 21.3 Å². The van der Waals surface area contributed by atoms with Gasteiger partial charge in [-0.1, -0.05) is 26.2 Å². The molecule has 0 aromatic rings. The lowest BCUT2D eigenvalue weighted by Crippen LogP contribution is -2.55. The maximum Gasteiger partial charge on any atom is 0.0499 e. The predicted molar refractivity (Wildman–Crippen MR) is 67.6 cm³/mol. The van der Waals surface area contributed by atoms with E-state index < -0.39 is 0 Å². The van der Waals surface area contributed by atoms with Gasteiger partial charge in [0.15, 0.2) is 0 Å². The van der Waals surface area contributed by atoms with Gasteiger partial charge < -0.3 is 10.1 Å². The molecule has 0 bridgehead atoms. The zero-order valence-electron chi connectivity index (χ0n) is 10.9. The van der Waals surface area contributed by atoms with E-state index >= 15 is 0 Å². The van der Waals surface area contributed by atoms with E-state index in [0.717, 1.165) is 19.2 Å². The van der Waals surface area contributed by atoms with Gasteiger partial charge in [0.05, 0.1) is 0 Å². The molecule has 2 aliphatic carbocycles. The number of methoxy groups -OCH3 is 1. The highest BCUT2D eigenvalue weighted by molar-refractivity contribution is 5.01. The number of nitrogens with one attached hydrogen (secondary N) is 1. The van der Waals surface area contributed by atoms with Crippen LogP contribution in [0.3, 0.4) is 0 Å². The molecule has 0 aromatic carbocycles. The summed E-state index contributed by atoms with van der Waals surface area (Å²) < 4.78 is 5.18. The van der Waals surface area contributed by atoms with Gasteiger partial charge in [-0.2, -0.15) is 0 Å². The first-order valence-corrected chi connectivity index (χ1v) is 6.99. The van der Waals surface area contributed by atoms with E-state index in [2.05, 4.69) is 12.2 Å². The predicted octanol–water partition coefficient (Wildman–Crippen LogP) is 2.97. The third-order valence-corrected chi connectivity index (χ3v) is 4.68. The van der Waals surface area contributed by atoms with Crippen LogP contribution in [0.15, 0.2) is 0 Å². The van der Waals surface area contributed by atoms with Crippen molar-refractivity contribution in [3.05, 3.63) is 0 Å². The number of hydrogen-bond donors (Lipinski definition) is 1. The first-order chi connectivity index (χ1) is 7.77. The average molecular weight is 225 g/mol. The van der Waals surface area contributed by atoms with Crippen LogP contribution >= 0.6 is 0 Å². The molecule has 94 valence electrons. The standard InChI is InChI=1S/C14H27NO/c1-12(11-16-2)10-15-13-6-9-14(13)7-4-3-5-8-14/h12-13,15H,3-11H2,1-2H3. The van der Waals surface area contributed by atoms with Gasteiger partial charge in [0, 0.05) is 26.3 Å². The van der Waals surface area contributed by atoms with Crippen LogP contribution in [0.4, 0.5) is 0 Å². The minimum atomic E-state index is 0.645. The summed E-state index contributed by atoms with van der Waals surface area (Å²) in [6.45, 7) is 4.27. The average Bonchev–Trinajstić information content (AvgIpc) is 2.29. The molecule has 0 saturated heterocycles. The summed E-state index contributed by atoms with van der Waals surface area (Å²) in [6, 6.07) is 0.812. The Morgan fingerprint density at radius 3 is 2.56 bits per heavy atom. The molecule has 2 aliphatic rings. The minimum absolute atomic E-state index is 0.645. The highest BCUT2D eigenvalue weighted by Crippen LogP contribution is 2.51. The van der Waals surface area contributed by atoms with Gasteiger partial charge in [0.1, 0.15) is 0 Å². The molecule has 2 unspecified atom stereocenters. The van der Waals surface area contributed by atoms with Crippen molar-refractivity contribution in [2.24, 2.45) is 11.3 Å². The fourth-order valence-electron chi connectivity index (χ4n) is 3.56. The lowest BCUT2D eigenvalue weighted by atomic mass is 9.57. The van der Waals surface area contributed by atoms with Gasteiger partial charge in [-0.05, 0) is 37.0 Å². The second kappa shape index (κ2) is 5.50. The zero-order valence-corrected chi connectivity index (χ0v) is 10.9. The smallest absolute Gasteiger partial charge is 0.0499 e. The number of rotatable bonds is 5. The second-order valence-corrected chi connectivity index (χ2v) is 5.98. The molecule has 1 spiro atoms. The Kier molecular flexibility index (Phi) is 4.26. The Hall–Kier alpha value is -0.0800. The van der Waals surface area contributed by atoms with Crippen molar-refractivity contribution >= 4 is 0 Å². The highest BCUT2D eigenvalue weighted by Gasteiger charge is 2.46. The van der Waals surface area contributed by atoms with Crippen LogP contribution in [0.1, 0.15) is 51.9 Å². The molecule has 1 N–H and O–H groups in total. The van der Waals surface area contributed by atoms with E-state index in [9.17, 15) is 0 Å². The van der Waals surface area contributed by atoms with Crippen LogP contribution in [-0.2, 0) is 4.74 Å². The molecule has 2 nitrogen and oxygen atoms in total. The van der Waals surface area contributed by atoms with Crippen LogP contribution in [-0.4, -0.2) is 26.3 Å². The van der Waals surface area contributed by atoms with Crippen molar-refractivity contribution < 1.29 is 4.74 Å². The fourth-order valence-corrected chi connectivity index (χ4v) is 3.56. The van der Waals surface area contributed by atoms with Crippen LogP contribution in [0, 0.1) is 11.3 Å². The van der Waals surface area contributed by atoms with Gasteiger partial charge >= 0.3 is 0 Å². The second-order valence-electron chi connectivity index (χ2n) is 5.98. The van der Waals surface area contributed by atoms with Gasteiger partial charge in [-0.3, -0.25) is 0 Å². The van der Waals surface area contributed by atoms with Crippen molar-refractivity contribution in [3.8, 4) is 0 Å². The Balaban J connectivity index is 1.73. The molecule has 0 amide bonds. The Morgan fingerprint density at radius 2 is 2.00 bits per heavy atom. The summed E-state index contributed by atoms with van der Waals surface area (Å²) in [5, 5.41) is 3.78. The van der Waals surface area contributed by atoms with E-state index in [1.54, 1.807) is 7.11 Å². The maximum absolute atomic E-state index is 5.18. The van der Waals surface area contributed by atoms with Crippen LogP contribution < -0.4 is 5.32 Å². The summed E-state index contributed by atoms with van der Waals surface area (Å²) in [6.07, 6.45) is 10.2. The Labute approximate surface area is 100 Å². The van der Waals surface area contributed by atoms with Crippen molar-refractivity contribution in [2.75, 3.05) is 20.3 Å². The van der Waals surface area contributed by atoms with Crippen LogP contribution in [0.5, 0.6) is 0 Å². The molecule has 2 fully saturated rings. The zero-order chi connectivity index (χ0) is 11.4. The molecule has 0 heterocycles. The van der Waals surface area contributed by atoms with E-state index in [1.807, 2.05) is 0 Å². The molecule has 0 aromatic heterocycles. The molecule has 0 radical (unpaired) electrons. The summed E-state index contributed by atoms with van der Waals surface area (Å²) in [7, 11) is 1.79. The van der Waals surface area contributed by atoms with E-state index in [-0.39, 0.29) is 0 Å². The van der Waals surface area contributed by atoms with E-state index in [0.29, 0.717) is 11.3 Å². The van der Waals surface area contributed by atoms with Gasteiger partial charge in [0.2, 0.25) is 0 Å². The number of hydrogen-bond acceptors (Lipinski definition) is 2. The quantitative estimate of drug-likeness (QED) is 0.776. The molecular weight excluding hydrogens is 198 g/mol. The summed E-state index contributed by atoms with van der Waals surface area (Å²) in [4.78, 5) is 0. The third kappa shape index (κ3) is 2.60. The largest absolute Gasteiger partial charge is 0.384 e. The minimum Gasteiger partial charge on any atom is -0.384 e. The van der Waals surface area contributed by atoms with Crippen molar-refractivity contribution in [3.63, 3.8) is 0 Å². The van der Waals surface area contributed by atoms with E-state index in [4.69, 9.17) is 4.74 Å². The lowest BCUT2D eigenvalue weighted by Gasteiger charge is -2.53. The summed E-state index contributed by atoms with van der Waals surface area (Å²) >= 11 is 0. The third-order valence-electron chi connectivity index (χ3n) is 4.68. The van der Waals surface area contributed by atoms with Gasteiger partial charge in [0.25, 0.3) is 0 Å². The monoisotopic (exact) mass is 225 g/mol. The Bertz CT molecular complexity index is 211. The van der Waals surface area contributed by atoms with Gasteiger partial charge in [-0.15, -0.1) is 0 Å². The maximum atomic E-state index is 5.18. The molecule has 0 aliphatic heterocycles. The first kappa shape index (κ1) is 12.4. The SMILES string of the molecule is COCC(C)CNC1CCC12CCCCC2. The highest BCUT2D eigenvalue weighted by atomic mass is 16.5. The molecular formula is C14H27NO. The molecule has 2 rings (SSSR count). The lowest BCUT2D eigenvalue weighted by molar-refractivity contribution is 0.0192. The summed E-state index contributed by atoms with van der Waals surface area (Å²) in [5.74, 6) is 0.645. The molecule has 2 saturated carbocycles. The van der Waals surface area contributed by atoms with Crippen LogP contribution in [0.2, 0.25) is 0 Å². The number of ether oxygens (including phenoxy) is 1. The van der Waals surface area contributed by atoms with Crippen molar-refractivity contribution in [2.45, 2.75) is 57.9 Å². The normalized spacial score (nSPS) is 30.0. The van der Waals surface area contributed by atoms with Gasteiger partial charge in [-0.25, -0.2) is 0 Å². The van der Waals surface area contributed by atoms with Crippen molar-refractivity contribution in [1.29, 1.82) is 0 Å². The summed E-state index contributed by atoms with van der Waals surface area (Å²) in [5.41, 5.74) is 0.699. The Morgan fingerprint density at radius 1 is 1.25 bits per heavy atom. The molecule has 16 heavy (non-hydrogen) atoms. The van der Waals surface area contributed by atoms with E-state index in [1.165, 1.54) is 44.9 Å². The van der Waals surface area contributed by atoms with Crippen molar-refractivity contribution in [1.82, 2.24) is 5.32 Å². The molecule has 2 atom stereocenters. The van der Waals surface area contributed by atoms with Crippen LogP contribution in [0.25, 0.3) is 0 Å². The fraction of sp³-hybridized carbons (Fsp3) is 1.00. The first-order valence-electron chi connectivity index (χ1n) is 6.99. The molecule has 2 heteroatoms.